The van der Waals surface area contributed by atoms with Crippen molar-refractivity contribution in [1.29, 1.82) is 0 Å². The number of aliphatic carboxylic acids is 1. The molecule has 2 fully saturated rings. The average molecular weight is 568 g/mol. The van der Waals surface area contributed by atoms with E-state index in [1.807, 2.05) is 54.6 Å². The number of carbonyl (C=O) groups excluding carboxylic acids is 2. The van der Waals surface area contributed by atoms with Gasteiger partial charge < -0.3 is 20.5 Å². The first-order chi connectivity index (χ1) is 20.4. The van der Waals surface area contributed by atoms with Gasteiger partial charge in [-0.15, -0.1) is 0 Å². The second kappa shape index (κ2) is 12.0. The number of hydrogen-bond acceptors (Lipinski definition) is 5. The molecule has 42 heavy (non-hydrogen) atoms. The highest BCUT2D eigenvalue weighted by atomic mass is 16.5. The Balaban J connectivity index is 1.05. The Bertz CT molecular complexity index is 1410. The van der Waals surface area contributed by atoms with Crippen molar-refractivity contribution >= 4 is 18.0 Å². The molecule has 8 heteroatoms. The highest BCUT2D eigenvalue weighted by Gasteiger charge is 2.50. The molecule has 3 aromatic carbocycles. The van der Waals surface area contributed by atoms with Crippen LogP contribution in [0.4, 0.5) is 4.79 Å². The zero-order chi connectivity index (χ0) is 29.1. The van der Waals surface area contributed by atoms with E-state index < -0.39 is 30.4 Å². The van der Waals surface area contributed by atoms with Crippen molar-refractivity contribution in [1.82, 2.24) is 15.5 Å². The average Bonchev–Trinajstić information content (AvgIpc) is 3.50. The third-order valence-corrected chi connectivity index (χ3v) is 9.34. The predicted octanol–water partition coefficient (Wildman–Crippen LogP) is 4.79. The number of benzene rings is 3. The van der Waals surface area contributed by atoms with Crippen molar-refractivity contribution in [2.24, 2.45) is 11.3 Å². The van der Waals surface area contributed by atoms with Gasteiger partial charge in [0.25, 0.3) is 0 Å². The summed E-state index contributed by atoms with van der Waals surface area (Å²) in [4.78, 5) is 40.1. The molecule has 3 aromatic rings. The summed E-state index contributed by atoms with van der Waals surface area (Å²) in [6.45, 7) is 3.28. The van der Waals surface area contributed by atoms with E-state index >= 15 is 0 Å². The lowest BCUT2D eigenvalue weighted by Crippen LogP contribution is -2.50. The van der Waals surface area contributed by atoms with Gasteiger partial charge in [-0.05, 0) is 52.0 Å². The fourth-order valence-corrected chi connectivity index (χ4v) is 7.10. The molecule has 6 rings (SSSR count). The zero-order valence-corrected chi connectivity index (χ0v) is 23.6. The number of rotatable bonds is 10. The normalized spacial score (nSPS) is 19.4. The van der Waals surface area contributed by atoms with Gasteiger partial charge in [-0.2, -0.15) is 0 Å². The predicted molar refractivity (Wildman–Crippen MR) is 159 cm³/mol. The molecule has 2 atom stereocenters. The van der Waals surface area contributed by atoms with Crippen molar-refractivity contribution in [2.75, 3.05) is 26.2 Å². The Morgan fingerprint density at radius 3 is 2.19 bits per heavy atom. The molecule has 2 aliphatic carbocycles. The molecule has 3 aliphatic rings. The Hall–Kier alpha value is -4.17. The van der Waals surface area contributed by atoms with Crippen molar-refractivity contribution in [3.05, 3.63) is 95.6 Å². The molecule has 1 aliphatic heterocycles. The van der Waals surface area contributed by atoms with Gasteiger partial charge in [0.1, 0.15) is 12.6 Å². The molecule has 1 heterocycles. The summed E-state index contributed by atoms with van der Waals surface area (Å²) in [6, 6.07) is 25.2. The number of nitrogens with one attached hydrogen (secondary N) is 2. The number of nitrogens with zero attached hydrogens (tertiary/aromatic N) is 1. The third-order valence-electron chi connectivity index (χ3n) is 9.34. The van der Waals surface area contributed by atoms with Crippen LogP contribution in [0.1, 0.15) is 48.3 Å². The van der Waals surface area contributed by atoms with Gasteiger partial charge in [0, 0.05) is 32.1 Å². The molecule has 218 valence electrons. The molecular weight excluding hydrogens is 530 g/mol. The summed E-state index contributed by atoms with van der Waals surface area (Å²) in [5.74, 6) is -1.52. The largest absolute Gasteiger partial charge is 0.481 e. The van der Waals surface area contributed by atoms with E-state index in [9.17, 15) is 19.5 Å². The number of carboxylic acid groups (broad SMARTS) is 1. The van der Waals surface area contributed by atoms with Crippen LogP contribution in [0.3, 0.4) is 0 Å². The lowest BCUT2D eigenvalue weighted by atomic mass is 9.63. The smallest absolute Gasteiger partial charge is 0.407 e. The number of carboxylic acids is 1. The molecule has 0 bridgehead atoms. The lowest BCUT2D eigenvalue weighted by Gasteiger charge is -2.43. The fourth-order valence-electron chi connectivity index (χ4n) is 7.10. The first-order valence-corrected chi connectivity index (χ1v) is 14.8. The van der Waals surface area contributed by atoms with E-state index in [-0.39, 0.29) is 23.9 Å². The molecule has 2 amide bonds. The van der Waals surface area contributed by atoms with Crippen molar-refractivity contribution in [3.8, 4) is 11.1 Å². The first-order valence-electron chi connectivity index (χ1n) is 14.8. The molecule has 2 unspecified atom stereocenters. The van der Waals surface area contributed by atoms with Crippen LogP contribution in [-0.2, 0) is 20.9 Å². The molecular formula is C34H37N3O5. The number of amides is 2. The number of hydrogen-bond donors (Lipinski definition) is 3. The van der Waals surface area contributed by atoms with E-state index in [4.69, 9.17) is 4.74 Å². The lowest BCUT2D eigenvalue weighted by molar-refractivity contribution is -0.139. The molecule has 8 nitrogen and oxygen atoms in total. The van der Waals surface area contributed by atoms with Crippen LogP contribution in [0, 0.1) is 11.3 Å². The molecule has 0 aromatic heterocycles. The topological polar surface area (TPSA) is 108 Å². The van der Waals surface area contributed by atoms with Gasteiger partial charge in [0.2, 0.25) is 5.91 Å². The molecule has 0 radical (unpaired) electrons. The van der Waals surface area contributed by atoms with Crippen LogP contribution in [0.15, 0.2) is 78.9 Å². The second-order valence-corrected chi connectivity index (χ2v) is 11.9. The minimum absolute atomic E-state index is 0.0864. The van der Waals surface area contributed by atoms with Crippen molar-refractivity contribution in [2.45, 2.75) is 44.2 Å². The van der Waals surface area contributed by atoms with Crippen molar-refractivity contribution < 1.29 is 24.2 Å². The SMILES string of the molecule is O=C(O)CC(NC(=O)OCC1c2ccccc2-c2ccccc21)C(=O)NCC1CN(Cc2ccccc2)CC12CCC2. The molecule has 1 saturated carbocycles. The number of alkyl carbamates (subject to hydrolysis) is 1. The van der Waals surface area contributed by atoms with E-state index in [1.165, 1.54) is 12.0 Å². The van der Waals surface area contributed by atoms with Gasteiger partial charge in [-0.25, -0.2) is 4.79 Å². The van der Waals surface area contributed by atoms with Gasteiger partial charge in [-0.1, -0.05) is 85.3 Å². The van der Waals surface area contributed by atoms with Gasteiger partial charge in [-0.3, -0.25) is 14.5 Å². The highest BCUT2D eigenvalue weighted by molar-refractivity contribution is 5.89. The number of ether oxygens (including phenoxy) is 1. The summed E-state index contributed by atoms with van der Waals surface area (Å²) in [5, 5.41) is 15.0. The Kier molecular flexibility index (Phi) is 7.98. The number of carbonyl (C=O) groups is 3. The van der Waals surface area contributed by atoms with Gasteiger partial charge >= 0.3 is 12.1 Å². The summed E-state index contributed by atoms with van der Waals surface area (Å²) < 4.78 is 5.58. The van der Waals surface area contributed by atoms with Crippen LogP contribution in [0.2, 0.25) is 0 Å². The number of fused-ring (bicyclic) bond motifs is 3. The standard InChI is InChI=1S/C34H37N3O5/c38-31(39)17-30(36-33(41)42-21-29-27-13-6-4-11-25(27)26-12-5-7-14-28(26)29)32(40)35-18-24-20-37(22-34(24)15-8-16-34)19-23-9-2-1-3-10-23/h1-7,9-14,24,29-30H,8,15-22H2,(H,35,40)(H,36,41)(H,38,39). The Labute approximate surface area is 246 Å². The monoisotopic (exact) mass is 567 g/mol. The van der Waals surface area contributed by atoms with Crippen LogP contribution >= 0.6 is 0 Å². The summed E-state index contributed by atoms with van der Waals surface area (Å²) in [5.41, 5.74) is 5.84. The van der Waals surface area contributed by atoms with Crippen LogP contribution < -0.4 is 10.6 Å². The molecule has 1 spiro atoms. The summed E-state index contributed by atoms with van der Waals surface area (Å²) >= 11 is 0. The van der Waals surface area contributed by atoms with E-state index in [0.29, 0.717) is 6.54 Å². The maximum atomic E-state index is 13.2. The quantitative estimate of drug-likeness (QED) is 0.325. The highest BCUT2D eigenvalue weighted by Crippen LogP contribution is 2.51. The Morgan fingerprint density at radius 2 is 1.57 bits per heavy atom. The van der Waals surface area contributed by atoms with E-state index in [2.05, 4.69) is 39.8 Å². The maximum Gasteiger partial charge on any atom is 0.407 e. The van der Waals surface area contributed by atoms with Crippen LogP contribution in [0.5, 0.6) is 0 Å². The summed E-state index contributed by atoms with van der Waals surface area (Å²) in [7, 11) is 0. The molecule has 1 saturated heterocycles. The van der Waals surface area contributed by atoms with Crippen LogP contribution in [0.25, 0.3) is 11.1 Å². The Morgan fingerprint density at radius 1 is 0.929 bits per heavy atom. The second-order valence-electron chi connectivity index (χ2n) is 11.9. The summed E-state index contributed by atoms with van der Waals surface area (Å²) in [6.07, 6.45) is 2.13. The van der Waals surface area contributed by atoms with Gasteiger partial charge in [0.15, 0.2) is 0 Å². The number of likely N-dealkylation sites (tertiary alicyclic amines) is 1. The third kappa shape index (κ3) is 5.77. The fraction of sp³-hybridized carbons (Fsp3) is 0.382. The van der Waals surface area contributed by atoms with Gasteiger partial charge in [0.05, 0.1) is 6.42 Å². The van der Waals surface area contributed by atoms with E-state index in [1.54, 1.807) is 0 Å². The maximum absolute atomic E-state index is 13.2. The zero-order valence-electron chi connectivity index (χ0n) is 23.6. The minimum Gasteiger partial charge on any atom is -0.481 e. The van der Waals surface area contributed by atoms with E-state index in [0.717, 1.165) is 54.7 Å². The minimum atomic E-state index is -1.22. The van der Waals surface area contributed by atoms with Crippen molar-refractivity contribution in [3.63, 3.8) is 0 Å². The molecule has 3 N–H and O–H groups in total. The first kappa shape index (κ1) is 28.0. The van der Waals surface area contributed by atoms with Crippen LogP contribution in [-0.4, -0.2) is 60.3 Å².